The maximum absolute atomic E-state index is 13.0. The Hall–Kier alpha value is -2.28. The first-order valence-corrected chi connectivity index (χ1v) is 10.8. The molecule has 3 aromatic carbocycles. The topological polar surface area (TPSA) is 66.5 Å². The third-order valence-corrected chi connectivity index (χ3v) is 7.14. The van der Waals surface area contributed by atoms with E-state index in [0.717, 1.165) is 9.69 Å². The summed E-state index contributed by atoms with van der Waals surface area (Å²) in [4.78, 5) is 12.9. The number of benzene rings is 3. The minimum Gasteiger partial charge on any atom is -0.348 e. The van der Waals surface area contributed by atoms with Gasteiger partial charge < -0.3 is 5.32 Å². The van der Waals surface area contributed by atoms with Gasteiger partial charge in [-0.1, -0.05) is 53.5 Å². The van der Waals surface area contributed by atoms with Crippen molar-refractivity contribution in [2.24, 2.45) is 0 Å². The summed E-state index contributed by atoms with van der Waals surface area (Å²) in [5, 5.41) is 5.21. The fourth-order valence-corrected chi connectivity index (χ4v) is 5.72. The second-order valence-electron chi connectivity index (χ2n) is 6.60. The van der Waals surface area contributed by atoms with Crippen molar-refractivity contribution in [1.82, 2.24) is 5.32 Å². The maximum Gasteiger partial charge on any atom is 0.265 e. The van der Waals surface area contributed by atoms with E-state index >= 15 is 0 Å². The number of halogens is 2. The van der Waals surface area contributed by atoms with E-state index in [1.807, 2.05) is 12.1 Å². The van der Waals surface area contributed by atoms with Crippen LogP contribution in [-0.2, 0) is 14.8 Å². The zero-order valence-electron chi connectivity index (χ0n) is 14.8. The SMILES string of the molecule is CC(NC(=O)CN1c2cccc3cccc(c23)S1(=O)=O)c1ccc(Cl)cc1Cl. The Morgan fingerprint density at radius 2 is 1.82 bits per heavy atom. The average molecular weight is 435 g/mol. The first-order chi connectivity index (χ1) is 13.3. The van der Waals surface area contributed by atoms with Crippen LogP contribution in [0, 0.1) is 0 Å². The lowest BCUT2D eigenvalue weighted by Crippen LogP contribution is -2.39. The molecule has 3 aromatic rings. The van der Waals surface area contributed by atoms with Crippen LogP contribution in [0.5, 0.6) is 0 Å². The zero-order valence-corrected chi connectivity index (χ0v) is 17.1. The van der Waals surface area contributed by atoms with Crippen LogP contribution in [0.25, 0.3) is 10.8 Å². The van der Waals surface area contributed by atoms with Gasteiger partial charge in [-0.3, -0.25) is 9.10 Å². The van der Waals surface area contributed by atoms with Crippen LogP contribution in [-0.4, -0.2) is 20.9 Å². The second kappa shape index (κ2) is 6.95. The molecule has 4 rings (SSSR count). The number of rotatable bonds is 4. The molecular weight excluding hydrogens is 419 g/mol. The van der Waals surface area contributed by atoms with Gasteiger partial charge in [-0.2, -0.15) is 0 Å². The van der Waals surface area contributed by atoms with E-state index in [9.17, 15) is 13.2 Å². The molecule has 0 radical (unpaired) electrons. The number of anilines is 1. The number of sulfonamides is 1. The molecule has 0 aliphatic carbocycles. The summed E-state index contributed by atoms with van der Waals surface area (Å²) in [6.45, 7) is 1.46. The third-order valence-electron chi connectivity index (χ3n) is 4.77. The van der Waals surface area contributed by atoms with E-state index < -0.39 is 22.0 Å². The minimum atomic E-state index is -3.78. The molecule has 1 aliphatic rings. The molecule has 1 atom stereocenters. The third kappa shape index (κ3) is 3.11. The highest BCUT2D eigenvalue weighted by Crippen LogP contribution is 2.41. The highest BCUT2D eigenvalue weighted by molar-refractivity contribution is 7.93. The molecule has 1 unspecified atom stereocenters. The van der Waals surface area contributed by atoms with Crippen molar-refractivity contribution in [3.63, 3.8) is 0 Å². The lowest BCUT2D eigenvalue weighted by Gasteiger charge is -2.21. The molecule has 0 aromatic heterocycles. The van der Waals surface area contributed by atoms with E-state index in [-0.39, 0.29) is 11.4 Å². The standard InChI is InChI=1S/C20H16Cl2N2O3S/c1-12(15-9-8-14(21)10-16(15)22)23-19(25)11-24-17-6-2-4-13-5-3-7-18(20(13)17)28(24,26)27/h2-10,12H,11H2,1H3,(H,23,25). The minimum absolute atomic E-state index is 0.224. The first kappa shape index (κ1) is 19.1. The molecule has 28 heavy (non-hydrogen) atoms. The van der Waals surface area contributed by atoms with E-state index in [1.165, 1.54) is 0 Å². The molecule has 1 heterocycles. The Bertz CT molecular complexity index is 1210. The van der Waals surface area contributed by atoms with Crippen molar-refractivity contribution >= 4 is 55.6 Å². The zero-order chi connectivity index (χ0) is 20.1. The van der Waals surface area contributed by atoms with Crippen LogP contribution in [0.3, 0.4) is 0 Å². The van der Waals surface area contributed by atoms with Crippen LogP contribution in [0.1, 0.15) is 18.5 Å². The number of hydrogen-bond acceptors (Lipinski definition) is 3. The van der Waals surface area contributed by atoms with Crippen molar-refractivity contribution in [3.05, 3.63) is 70.2 Å². The Balaban J connectivity index is 1.59. The molecule has 0 saturated carbocycles. The molecule has 144 valence electrons. The van der Waals surface area contributed by atoms with Gasteiger partial charge in [0.15, 0.2) is 0 Å². The molecule has 0 saturated heterocycles. The van der Waals surface area contributed by atoms with Crippen LogP contribution in [0.4, 0.5) is 5.69 Å². The highest BCUT2D eigenvalue weighted by atomic mass is 35.5. The van der Waals surface area contributed by atoms with Gasteiger partial charge >= 0.3 is 0 Å². The smallest absolute Gasteiger partial charge is 0.265 e. The lowest BCUT2D eigenvalue weighted by atomic mass is 10.1. The molecule has 0 fully saturated rings. The van der Waals surface area contributed by atoms with Crippen molar-refractivity contribution in [2.45, 2.75) is 17.9 Å². The van der Waals surface area contributed by atoms with Gasteiger partial charge in [-0.25, -0.2) is 8.42 Å². The van der Waals surface area contributed by atoms with Gasteiger partial charge in [0.1, 0.15) is 6.54 Å². The van der Waals surface area contributed by atoms with Gasteiger partial charge in [0, 0.05) is 15.4 Å². The van der Waals surface area contributed by atoms with Crippen LogP contribution < -0.4 is 9.62 Å². The van der Waals surface area contributed by atoms with Gasteiger partial charge in [0.25, 0.3) is 10.0 Å². The summed E-state index contributed by atoms with van der Waals surface area (Å²) < 4.78 is 27.1. The fraction of sp³-hybridized carbons (Fsp3) is 0.150. The number of hydrogen-bond donors (Lipinski definition) is 1. The normalized spacial score (nSPS) is 15.6. The van der Waals surface area contributed by atoms with Crippen molar-refractivity contribution in [3.8, 4) is 0 Å². The van der Waals surface area contributed by atoms with Crippen LogP contribution >= 0.6 is 23.2 Å². The Kier molecular flexibility index (Phi) is 4.73. The van der Waals surface area contributed by atoms with Gasteiger partial charge in [-0.15, -0.1) is 0 Å². The largest absolute Gasteiger partial charge is 0.348 e. The van der Waals surface area contributed by atoms with E-state index in [1.54, 1.807) is 49.4 Å². The predicted molar refractivity (Wildman–Crippen MR) is 111 cm³/mol. The number of carbonyl (C=O) groups excluding carboxylic acids is 1. The summed E-state index contributed by atoms with van der Waals surface area (Å²) >= 11 is 12.1. The maximum atomic E-state index is 13.0. The monoisotopic (exact) mass is 434 g/mol. The van der Waals surface area contributed by atoms with Gasteiger partial charge in [-0.05, 0) is 42.1 Å². The predicted octanol–water partition coefficient (Wildman–Crippen LogP) is 4.53. The van der Waals surface area contributed by atoms with Crippen molar-refractivity contribution < 1.29 is 13.2 Å². The number of carbonyl (C=O) groups is 1. The lowest BCUT2D eigenvalue weighted by molar-refractivity contribution is -0.120. The number of nitrogens with one attached hydrogen (secondary N) is 1. The number of amides is 1. The molecule has 0 bridgehead atoms. The average Bonchev–Trinajstić information content (AvgIpc) is 2.85. The van der Waals surface area contributed by atoms with Crippen LogP contribution in [0.2, 0.25) is 10.0 Å². The fourth-order valence-electron chi connectivity index (χ4n) is 3.48. The Labute approximate surface area is 172 Å². The first-order valence-electron chi connectivity index (χ1n) is 8.58. The van der Waals surface area contributed by atoms with E-state index in [2.05, 4.69) is 5.32 Å². The summed E-state index contributed by atoms with van der Waals surface area (Å²) in [5.74, 6) is -0.424. The molecule has 1 amide bonds. The summed E-state index contributed by atoms with van der Waals surface area (Å²) in [6.07, 6.45) is 0. The quantitative estimate of drug-likeness (QED) is 0.655. The van der Waals surface area contributed by atoms with Crippen molar-refractivity contribution in [2.75, 3.05) is 10.8 Å². The highest BCUT2D eigenvalue weighted by Gasteiger charge is 2.36. The molecule has 8 heteroatoms. The molecular formula is C20H16Cl2N2O3S. The molecule has 1 aliphatic heterocycles. The van der Waals surface area contributed by atoms with Gasteiger partial charge in [0.05, 0.1) is 16.6 Å². The second-order valence-corrected chi connectivity index (χ2v) is 9.27. The summed E-state index contributed by atoms with van der Waals surface area (Å²) in [6, 6.07) is 15.1. The van der Waals surface area contributed by atoms with Crippen molar-refractivity contribution in [1.29, 1.82) is 0 Å². The van der Waals surface area contributed by atoms with E-state index in [0.29, 0.717) is 26.7 Å². The van der Waals surface area contributed by atoms with E-state index in [4.69, 9.17) is 23.2 Å². The number of nitrogens with zero attached hydrogens (tertiary/aromatic N) is 1. The summed E-state index contributed by atoms with van der Waals surface area (Å²) in [7, 11) is -3.78. The molecule has 0 spiro atoms. The summed E-state index contributed by atoms with van der Waals surface area (Å²) in [5.41, 5.74) is 1.22. The van der Waals surface area contributed by atoms with Crippen LogP contribution in [0.15, 0.2) is 59.5 Å². The van der Waals surface area contributed by atoms with Gasteiger partial charge in [0.2, 0.25) is 5.91 Å². The Morgan fingerprint density at radius 3 is 2.54 bits per heavy atom. The molecule has 5 nitrogen and oxygen atoms in total. The Morgan fingerprint density at radius 1 is 1.11 bits per heavy atom. The molecule has 1 N–H and O–H groups in total.